The Balaban J connectivity index is 1.65. The molecule has 1 N–H and O–H groups in total. The summed E-state index contributed by atoms with van der Waals surface area (Å²) in [5.41, 5.74) is 0.963. The molecule has 0 spiro atoms. The van der Waals surface area contributed by atoms with Crippen LogP contribution in [0.1, 0.15) is 44.6 Å². The van der Waals surface area contributed by atoms with Gasteiger partial charge in [0.15, 0.2) is 0 Å². The quantitative estimate of drug-likeness (QED) is 0.474. The molecule has 0 aromatic heterocycles. The first kappa shape index (κ1) is 24.5. The number of amides is 2. The smallest absolute Gasteiger partial charge is 0.242 e. The predicted octanol–water partition coefficient (Wildman–Crippen LogP) is 5.31. The van der Waals surface area contributed by atoms with Crippen LogP contribution in [0.3, 0.4) is 0 Å². The van der Waals surface area contributed by atoms with Crippen molar-refractivity contribution >= 4 is 35.2 Å². The molecule has 0 bridgehead atoms. The largest absolute Gasteiger partial charge is 0.497 e. The van der Waals surface area contributed by atoms with E-state index in [1.807, 2.05) is 55.5 Å². The third-order valence-electron chi connectivity index (χ3n) is 5.78. The molecule has 0 heterocycles. The predicted molar refractivity (Wildman–Crippen MR) is 130 cm³/mol. The van der Waals surface area contributed by atoms with Crippen LogP contribution in [0.5, 0.6) is 5.75 Å². The minimum Gasteiger partial charge on any atom is -0.497 e. The molecule has 7 heteroatoms. The average molecular weight is 475 g/mol. The van der Waals surface area contributed by atoms with Gasteiger partial charge in [0.1, 0.15) is 11.8 Å². The first-order valence-electron chi connectivity index (χ1n) is 11.1. The van der Waals surface area contributed by atoms with E-state index in [-0.39, 0.29) is 17.9 Å². The lowest BCUT2D eigenvalue weighted by Crippen LogP contribution is -2.49. The van der Waals surface area contributed by atoms with Crippen molar-refractivity contribution in [3.05, 3.63) is 59.1 Å². The Morgan fingerprint density at radius 3 is 2.41 bits per heavy atom. The lowest BCUT2D eigenvalue weighted by Gasteiger charge is -2.30. The van der Waals surface area contributed by atoms with Gasteiger partial charge in [0.05, 0.1) is 7.11 Å². The normalized spacial score (nSPS) is 14.7. The van der Waals surface area contributed by atoms with E-state index < -0.39 is 6.04 Å². The second kappa shape index (κ2) is 12.2. The Bertz CT molecular complexity index is 883. The second-order valence-electron chi connectivity index (χ2n) is 8.09. The zero-order valence-corrected chi connectivity index (χ0v) is 20.3. The number of hydrogen-bond donors (Lipinski definition) is 1. The zero-order chi connectivity index (χ0) is 22.9. The SMILES string of the molecule is COc1ccc(CN(C(=O)CCSc2ccc(Cl)cc2)C(C)C(=O)NC2CCCC2)cc1. The van der Waals surface area contributed by atoms with E-state index in [1.54, 1.807) is 23.8 Å². The summed E-state index contributed by atoms with van der Waals surface area (Å²) in [7, 11) is 1.62. The maximum atomic E-state index is 13.2. The summed E-state index contributed by atoms with van der Waals surface area (Å²) in [6, 6.07) is 14.9. The van der Waals surface area contributed by atoms with Crippen molar-refractivity contribution in [1.29, 1.82) is 0 Å². The molecule has 172 valence electrons. The van der Waals surface area contributed by atoms with Gasteiger partial charge < -0.3 is 15.0 Å². The monoisotopic (exact) mass is 474 g/mol. The molecule has 0 aliphatic heterocycles. The number of nitrogens with one attached hydrogen (secondary N) is 1. The fraction of sp³-hybridized carbons (Fsp3) is 0.440. The van der Waals surface area contributed by atoms with Gasteiger partial charge in [-0.15, -0.1) is 11.8 Å². The summed E-state index contributed by atoms with van der Waals surface area (Å²) in [6.45, 7) is 2.20. The van der Waals surface area contributed by atoms with Crippen molar-refractivity contribution in [3.8, 4) is 5.75 Å². The first-order valence-corrected chi connectivity index (χ1v) is 12.4. The molecular formula is C25H31ClN2O3S. The molecule has 0 radical (unpaired) electrons. The third-order valence-corrected chi connectivity index (χ3v) is 7.04. The molecule has 2 aromatic carbocycles. The Morgan fingerprint density at radius 2 is 1.78 bits per heavy atom. The third kappa shape index (κ3) is 7.17. The summed E-state index contributed by atoms with van der Waals surface area (Å²) in [5, 5.41) is 3.83. The molecule has 1 aliphatic rings. The van der Waals surface area contributed by atoms with Crippen molar-refractivity contribution in [2.75, 3.05) is 12.9 Å². The van der Waals surface area contributed by atoms with Gasteiger partial charge in [-0.05, 0) is 61.7 Å². The van der Waals surface area contributed by atoms with E-state index in [2.05, 4.69) is 5.32 Å². The Morgan fingerprint density at radius 1 is 1.12 bits per heavy atom. The maximum Gasteiger partial charge on any atom is 0.242 e. The lowest BCUT2D eigenvalue weighted by molar-refractivity contribution is -0.140. The molecule has 32 heavy (non-hydrogen) atoms. The van der Waals surface area contributed by atoms with Gasteiger partial charge in [-0.2, -0.15) is 0 Å². The Labute approximate surface area is 199 Å². The van der Waals surface area contributed by atoms with Crippen LogP contribution in [-0.2, 0) is 16.1 Å². The van der Waals surface area contributed by atoms with Gasteiger partial charge in [-0.3, -0.25) is 9.59 Å². The van der Waals surface area contributed by atoms with Crippen molar-refractivity contribution in [1.82, 2.24) is 10.2 Å². The maximum absolute atomic E-state index is 13.2. The van der Waals surface area contributed by atoms with E-state index in [1.165, 1.54) is 0 Å². The molecule has 0 saturated heterocycles. The molecule has 1 saturated carbocycles. The molecule has 1 unspecified atom stereocenters. The standard InChI is InChI=1S/C25H31ClN2O3S/c1-18(25(30)27-21-5-3-4-6-21)28(17-19-7-11-22(31-2)12-8-19)24(29)15-16-32-23-13-9-20(26)10-14-23/h7-14,18,21H,3-6,15-17H2,1-2H3,(H,27,30). The number of ether oxygens (including phenoxy) is 1. The van der Waals surface area contributed by atoms with Gasteiger partial charge in [-0.25, -0.2) is 0 Å². The average Bonchev–Trinajstić information content (AvgIpc) is 3.31. The van der Waals surface area contributed by atoms with Gasteiger partial charge in [-0.1, -0.05) is 36.6 Å². The van der Waals surface area contributed by atoms with Crippen LogP contribution in [-0.4, -0.2) is 41.7 Å². The zero-order valence-electron chi connectivity index (χ0n) is 18.7. The second-order valence-corrected chi connectivity index (χ2v) is 9.69. The number of methoxy groups -OCH3 is 1. The Hall–Kier alpha value is -2.18. The number of halogens is 1. The van der Waals surface area contributed by atoms with E-state index in [0.29, 0.717) is 23.7 Å². The summed E-state index contributed by atoms with van der Waals surface area (Å²) in [6.07, 6.45) is 4.68. The number of benzene rings is 2. The van der Waals surface area contributed by atoms with Gasteiger partial charge in [0.25, 0.3) is 0 Å². The van der Waals surface area contributed by atoms with Crippen LogP contribution in [0, 0.1) is 0 Å². The van der Waals surface area contributed by atoms with Crippen LogP contribution in [0.15, 0.2) is 53.4 Å². The van der Waals surface area contributed by atoms with E-state index in [0.717, 1.165) is 41.9 Å². The Kier molecular flexibility index (Phi) is 9.30. The molecule has 2 aromatic rings. The summed E-state index contributed by atoms with van der Waals surface area (Å²) in [4.78, 5) is 28.9. The van der Waals surface area contributed by atoms with E-state index in [9.17, 15) is 9.59 Å². The van der Waals surface area contributed by atoms with Gasteiger partial charge >= 0.3 is 0 Å². The van der Waals surface area contributed by atoms with Crippen LogP contribution >= 0.6 is 23.4 Å². The topological polar surface area (TPSA) is 58.6 Å². The number of thioether (sulfide) groups is 1. The molecule has 3 rings (SSSR count). The van der Waals surface area contributed by atoms with E-state index in [4.69, 9.17) is 16.3 Å². The molecular weight excluding hydrogens is 444 g/mol. The lowest BCUT2D eigenvalue weighted by atomic mass is 10.1. The van der Waals surface area contributed by atoms with Crippen molar-refractivity contribution in [3.63, 3.8) is 0 Å². The van der Waals surface area contributed by atoms with Crippen molar-refractivity contribution < 1.29 is 14.3 Å². The summed E-state index contributed by atoms with van der Waals surface area (Å²) in [5.74, 6) is 1.29. The van der Waals surface area contributed by atoms with Crippen LogP contribution < -0.4 is 10.1 Å². The van der Waals surface area contributed by atoms with E-state index >= 15 is 0 Å². The fourth-order valence-electron chi connectivity index (χ4n) is 3.83. The molecule has 1 atom stereocenters. The molecule has 5 nitrogen and oxygen atoms in total. The molecule has 1 fully saturated rings. The molecule has 1 aliphatic carbocycles. The van der Waals surface area contributed by atoms with Crippen molar-refractivity contribution in [2.45, 2.75) is 62.6 Å². The summed E-state index contributed by atoms with van der Waals surface area (Å²) >= 11 is 7.55. The van der Waals surface area contributed by atoms with Crippen LogP contribution in [0.4, 0.5) is 0 Å². The number of rotatable bonds is 10. The van der Waals surface area contributed by atoms with Gasteiger partial charge in [0, 0.05) is 34.7 Å². The van der Waals surface area contributed by atoms with Crippen molar-refractivity contribution in [2.24, 2.45) is 0 Å². The highest BCUT2D eigenvalue weighted by Gasteiger charge is 2.28. The fourth-order valence-corrected chi connectivity index (χ4v) is 4.80. The summed E-state index contributed by atoms with van der Waals surface area (Å²) < 4.78 is 5.23. The minimum absolute atomic E-state index is 0.0312. The number of nitrogens with zero attached hydrogens (tertiary/aromatic N) is 1. The number of hydrogen-bond acceptors (Lipinski definition) is 4. The number of carbonyl (C=O) groups is 2. The number of carbonyl (C=O) groups excluding carboxylic acids is 2. The minimum atomic E-state index is -0.536. The first-order chi connectivity index (χ1) is 15.5. The highest BCUT2D eigenvalue weighted by Crippen LogP contribution is 2.23. The molecule has 2 amide bonds. The highest BCUT2D eigenvalue weighted by molar-refractivity contribution is 7.99. The highest BCUT2D eigenvalue weighted by atomic mass is 35.5. The van der Waals surface area contributed by atoms with Crippen LogP contribution in [0.25, 0.3) is 0 Å². The van der Waals surface area contributed by atoms with Crippen LogP contribution in [0.2, 0.25) is 5.02 Å². The van der Waals surface area contributed by atoms with Gasteiger partial charge in [0.2, 0.25) is 11.8 Å².